The van der Waals surface area contributed by atoms with Crippen molar-refractivity contribution < 1.29 is 37.1 Å². The third-order valence-corrected chi connectivity index (χ3v) is 11.8. The number of benzene rings is 2. The summed E-state index contributed by atoms with van der Waals surface area (Å²) in [6.45, 7) is 10.7. The average molecular weight is 847 g/mol. The summed E-state index contributed by atoms with van der Waals surface area (Å²) in [4.78, 5) is 57.9. The first-order valence-corrected chi connectivity index (χ1v) is 19.8. The second kappa shape index (κ2) is 18.3. The summed E-state index contributed by atoms with van der Waals surface area (Å²) in [5, 5.41) is 17.8. The number of anilines is 3. The van der Waals surface area contributed by atoms with Crippen LogP contribution in [0.3, 0.4) is 0 Å². The zero-order chi connectivity index (χ0) is 41.2. The molecule has 6 rings (SSSR count). The minimum atomic E-state index is -4.76. The highest BCUT2D eigenvalue weighted by Crippen LogP contribution is 2.40. The van der Waals surface area contributed by atoms with Gasteiger partial charge in [0.05, 0.1) is 42.1 Å². The molecule has 18 heteroatoms. The van der Waals surface area contributed by atoms with E-state index in [9.17, 15) is 37.6 Å². The standard InChI is InChI=1S/C40H49F3N8O5S.ClH/c1-24-21-48(22-25(2)49(24)23-35(53)46-28-7-5-6-27(18-28)45-33-14-15-34(52)47-36(33)54)16-17-56-31-12-10-29(11-13-31)51-38(57)50(37(55)39(51,3)4)30-9-8-26(20-44)32(19-30)40(41,42)43;/h5-9,18-19,24-25,29,31,33,45H,10-17,21-23H2,1-4H3,(H,46,53)(H,47,52,54);1H/t24-,25+,29?,31?,33-;/m1./s1. The molecule has 2 aromatic carbocycles. The second-order valence-corrected chi connectivity index (χ2v) is 16.3. The number of halogens is 4. The van der Waals surface area contributed by atoms with Gasteiger partial charge in [0.15, 0.2) is 5.11 Å². The van der Waals surface area contributed by atoms with Gasteiger partial charge in [-0.15, -0.1) is 12.4 Å². The lowest BCUT2D eigenvalue weighted by atomic mass is 9.89. The molecule has 1 aliphatic carbocycles. The van der Waals surface area contributed by atoms with Crippen molar-refractivity contribution in [2.45, 2.75) is 108 Å². The number of imide groups is 1. The van der Waals surface area contributed by atoms with Gasteiger partial charge in [0.2, 0.25) is 17.7 Å². The molecule has 3 N–H and O–H groups in total. The quantitative estimate of drug-likeness (QED) is 0.200. The summed E-state index contributed by atoms with van der Waals surface area (Å²) in [5.41, 5.74) is -1.43. The molecule has 0 aromatic heterocycles. The van der Waals surface area contributed by atoms with Gasteiger partial charge >= 0.3 is 6.18 Å². The van der Waals surface area contributed by atoms with Crippen LogP contribution < -0.4 is 20.9 Å². The normalized spacial score (nSPS) is 25.5. The molecule has 0 bridgehead atoms. The van der Waals surface area contributed by atoms with Crippen LogP contribution in [0.25, 0.3) is 0 Å². The number of alkyl halides is 3. The maximum atomic E-state index is 13.7. The number of piperazine rings is 1. The van der Waals surface area contributed by atoms with Crippen molar-refractivity contribution >= 4 is 70.4 Å². The molecule has 2 aromatic rings. The average Bonchev–Trinajstić information content (AvgIpc) is 3.32. The number of nitrogens with one attached hydrogen (secondary N) is 3. The van der Waals surface area contributed by atoms with Crippen molar-refractivity contribution in [3.8, 4) is 6.07 Å². The molecule has 0 radical (unpaired) electrons. The van der Waals surface area contributed by atoms with Crippen molar-refractivity contribution in [2.24, 2.45) is 0 Å². The van der Waals surface area contributed by atoms with Crippen molar-refractivity contribution in [2.75, 3.05) is 48.3 Å². The van der Waals surface area contributed by atoms with E-state index in [2.05, 4.69) is 39.6 Å². The smallest absolute Gasteiger partial charge is 0.377 e. The topological polar surface area (TPSA) is 150 Å². The number of amides is 4. The van der Waals surface area contributed by atoms with E-state index in [1.165, 1.54) is 6.07 Å². The lowest BCUT2D eigenvalue weighted by Gasteiger charge is -2.44. The largest absolute Gasteiger partial charge is 0.417 e. The van der Waals surface area contributed by atoms with Crippen LogP contribution in [0.4, 0.5) is 30.2 Å². The number of ether oxygens (including phenoxy) is 1. The number of thiocarbonyl (C=S) groups is 1. The van der Waals surface area contributed by atoms with Gasteiger partial charge in [-0.1, -0.05) is 6.07 Å². The molecule has 4 fully saturated rings. The SMILES string of the molecule is C[C@@H]1CN(CCOC2CCC(N3C(=S)N(c4ccc(C#N)c(C(F)(F)F)c4)C(=O)C3(C)C)CC2)C[C@H](C)N1CC(=O)Nc1cccc(N[C@@H]2CCC(=O)NC2=O)c1.Cl. The number of hydrogen-bond donors (Lipinski definition) is 3. The Bertz CT molecular complexity index is 1930. The Balaban J connectivity index is 0.00000641. The first kappa shape index (κ1) is 44.8. The molecule has 1 saturated carbocycles. The summed E-state index contributed by atoms with van der Waals surface area (Å²) in [5.74, 6) is -1.20. The molecule has 3 heterocycles. The van der Waals surface area contributed by atoms with Crippen LogP contribution in [0.15, 0.2) is 42.5 Å². The fourth-order valence-corrected chi connectivity index (χ4v) is 9.08. The third-order valence-electron chi connectivity index (χ3n) is 11.4. The Morgan fingerprint density at radius 3 is 2.33 bits per heavy atom. The Morgan fingerprint density at radius 1 is 1.02 bits per heavy atom. The molecule has 314 valence electrons. The first-order valence-electron chi connectivity index (χ1n) is 19.3. The Morgan fingerprint density at radius 2 is 1.69 bits per heavy atom. The molecule has 3 aliphatic heterocycles. The van der Waals surface area contributed by atoms with E-state index in [4.69, 9.17) is 17.0 Å². The first-order chi connectivity index (χ1) is 27.0. The van der Waals surface area contributed by atoms with Crippen LogP contribution in [0, 0.1) is 11.3 Å². The van der Waals surface area contributed by atoms with E-state index >= 15 is 0 Å². The number of rotatable bonds is 11. The fraction of sp³-hybridized carbons (Fsp3) is 0.550. The molecule has 13 nitrogen and oxygen atoms in total. The van der Waals surface area contributed by atoms with Gasteiger partial charge in [0, 0.05) is 55.6 Å². The number of hydrogen-bond acceptors (Lipinski definition) is 10. The summed E-state index contributed by atoms with van der Waals surface area (Å²) < 4.78 is 47.5. The van der Waals surface area contributed by atoms with Crippen molar-refractivity contribution in [3.63, 3.8) is 0 Å². The van der Waals surface area contributed by atoms with Crippen LogP contribution >= 0.6 is 24.6 Å². The van der Waals surface area contributed by atoms with Crippen LogP contribution in [0.2, 0.25) is 0 Å². The molecule has 4 aliphatic rings. The maximum absolute atomic E-state index is 13.7. The van der Waals surface area contributed by atoms with Crippen molar-refractivity contribution in [3.05, 3.63) is 53.6 Å². The summed E-state index contributed by atoms with van der Waals surface area (Å²) in [6.07, 6.45) is -1.18. The second-order valence-electron chi connectivity index (χ2n) is 15.9. The number of carbonyl (C=O) groups is 4. The van der Waals surface area contributed by atoms with E-state index < -0.39 is 34.8 Å². The zero-order valence-corrected chi connectivity index (χ0v) is 34.6. The fourth-order valence-electron chi connectivity index (χ4n) is 8.52. The predicted molar refractivity (Wildman–Crippen MR) is 218 cm³/mol. The molecule has 3 atom stereocenters. The number of carbonyl (C=O) groups excluding carboxylic acids is 4. The molecule has 0 unspecified atom stereocenters. The third kappa shape index (κ3) is 9.91. The van der Waals surface area contributed by atoms with Crippen LogP contribution in [-0.2, 0) is 30.1 Å². The minimum absolute atomic E-state index is 0. The molecule has 4 amide bonds. The van der Waals surface area contributed by atoms with Gasteiger partial charge in [-0.25, -0.2) is 0 Å². The molecular formula is C40H50ClF3N8O5S. The van der Waals surface area contributed by atoms with Gasteiger partial charge in [-0.3, -0.25) is 39.2 Å². The van der Waals surface area contributed by atoms with E-state index in [-0.39, 0.29) is 78.1 Å². The van der Waals surface area contributed by atoms with Crippen LogP contribution in [0.5, 0.6) is 0 Å². The van der Waals surface area contributed by atoms with E-state index in [0.29, 0.717) is 37.2 Å². The number of piperidine rings is 1. The maximum Gasteiger partial charge on any atom is 0.417 e. The molecular weight excluding hydrogens is 797 g/mol. The zero-order valence-electron chi connectivity index (χ0n) is 32.9. The monoisotopic (exact) mass is 846 g/mol. The minimum Gasteiger partial charge on any atom is -0.377 e. The van der Waals surface area contributed by atoms with E-state index in [0.717, 1.165) is 49.5 Å². The highest BCUT2D eigenvalue weighted by Gasteiger charge is 2.52. The van der Waals surface area contributed by atoms with Gasteiger partial charge in [-0.05, 0) is 108 Å². The van der Waals surface area contributed by atoms with Gasteiger partial charge in [0.1, 0.15) is 11.6 Å². The summed E-state index contributed by atoms with van der Waals surface area (Å²) in [6, 6.07) is 11.6. The highest BCUT2D eigenvalue weighted by molar-refractivity contribution is 7.80. The van der Waals surface area contributed by atoms with E-state index in [1.54, 1.807) is 38.1 Å². The number of nitriles is 1. The Kier molecular flexibility index (Phi) is 14.1. The van der Waals surface area contributed by atoms with Gasteiger partial charge in [0.25, 0.3) is 5.91 Å². The Hall–Kier alpha value is -4.34. The molecule has 58 heavy (non-hydrogen) atoms. The van der Waals surface area contributed by atoms with Crippen LogP contribution in [-0.4, -0.2) is 112 Å². The van der Waals surface area contributed by atoms with Crippen LogP contribution in [0.1, 0.15) is 77.3 Å². The summed E-state index contributed by atoms with van der Waals surface area (Å²) >= 11 is 5.74. The lowest BCUT2D eigenvalue weighted by molar-refractivity contribution is -0.138. The van der Waals surface area contributed by atoms with E-state index in [1.807, 2.05) is 11.0 Å². The van der Waals surface area contributed by atoms with Gasteiger partial charge < -0.3 is 20.3 Å². The molecule has 0 spiro atoms. The molecule has 3 saturated heterocycles. The van der Waals surface area contributed by atoms with Crippen molar-refractivity contribution in [1.82, 2.24) is 20.0 Å². The van der Waals surface area contributed by atoms with Gasteiger partial charge in [-0.2, -0.15) is 18.4 Å². The van der Waals surface area contributed by atoms with Crippen molar-refractivity contribution in [1.29, 1.82) is 5.26 Å². The predicted octanol–water partition coefficient (Wildman–Crippen LogP) is 5.29. The summed E-state index contributed by atoms with van der Waals surface area (Å²) in [7, 11) is 0. The number of nitrogens with zero attached hydrogens (tertiary/aromatic N) is 5. The highest BCUT2D eigenvalue weighted by atomic mass is 35.5. The Labute approximate surface area is 348 Å². The lowest BCUT2D eigenvalue weighted by Crippen LogP contribution is -2.58.